The number of carbonyl (C=O) groups is 2. The van der Waals surface area contributed by atoms with Crippen LogP contribution >= 0.6 is 10.7 Å². The number of hydrogen-bond donors (Lipinski definition) is 1. The maximum Gasteiger partial charge on any atom is 0.248 e. The lowest BCUT2D eigenvalue weighted by molar-refractivity contribution is 0.102. The molecule has 4 aromatic carbocycles. The van der Waals surface area contributed by atoms with E-state index < -0.39 is 110 Å². The van der Waals surface area contributed by atoms with Gasteiger partial charge in [0.1, 0.15) is 5.69 Å². The fourth-order valence-electron chi connectivity index (χ4n) is 5.87. The van der Waals surface area contributed by atoms with Crippen LogP contribution < -0.4 is 9.44 Å². The standard InChI is InChI=1S/C22H21F3N2O5S2.C16H9F3N2O.C3H7ClO2S/c1-3-10-33(29,30)27(34(31,32)11-4-2)18-13-16(23)20(24)19(21(18)25)22(28)15-7-8-17-14(12-15)6-5-9-26-17;17-10-7-11(20)15(19)13(14(10)18)16(22)9-3-4-12-8(6-9)2-1-5-21-12;1-2-3-7(4,5)6/h5-9,12-13H,3-4,10-11H2,1-2H3;1-7H,20H2;2-3H2,1H3. The first-order valence-corrected chi connectivity index (χ1v) is 24.3. The van der Waals surface area contributed by atoms with E-state index >= 15 is 4.39 Å². The molecule has 2 aromatic heterocycles. The molecule has 0 saturated carbocycles. The SMILES string of the molecule is CCCS(=O)(=O)Cl.CCCS(=O)(=O)N(c1cc(F)c(F)c(C(=O)c2ccc3ncccc3c2)c1F)S(=O)(=O)CCC.Nc1cc(F)c(F)c(C(=O)c2ccc3ncccc3c2)c1F. The zero-order chi connectivity index (χ0) is 47.0. The Hall–Kier alpha value is -5.64. The molecule has 0 radical (unpaired) electrons. The van der Waals surface area contributed by atoms with E-state index in [4.69, 9.17) is 16.4 Å². The first-order valence-electron chi connectivity index (χ1n) is 18.6. The van der Waals surface area contributed by atoms with Crippen molar-refractivity contribution in [3.05, 3.63) is 142 Å². The number of nitrogens with zero attached hydrogens (tertiary/aromatic N) is 3. The normalized spacial score (nSPS) is 11.7. The van der Waals surface area contributed by atoms with Crippen molar-refractivity contribution in [3.63, 3.8) is 0 Å². The molecule has 0 unspecified atom stereocenters. The molecule has 6 rings (SSSR count). The molecule has 0 bridgehead atoms. The highest BCUT2D eigenvalue weighted by Crippen LogP contribution is 2.34. The molecule has 0 fully saturated rings. The Bertz CT molecular complexity index is 2990. The Kier molecular flexibility index (Phi) is 16.4. The van der Waals surface area contributed by atoms with Crippen molar-refractivity contribution in [2.45, 2.75) is 40.0 Å². The van der Waals surface area contributed by atoms with E-state index in [0.29, 0.717) is 34.3 Å². The highest BCUT2D eigenvalue weighted by molar-refractivity contribution is 8.13. The molecule has 12 nitrogen and oxygen atoms in total. The predicted molar refractivity (Wildman–Crippen MR) is 228 cm³/mol. The van der Waals surface area contributed by atoms with Crippen LogP contribution in [0, 0.1) is 34.9 Å². The van der Waals surface area contributed by atoms with Crippen LogP contribution in [0.5, 0.6) is 0 Å². The lowest BCUT2D eigenvalue weighted by Crippen LogP contribution is -2.40. The van der Waals surface area contributed by atoms with E-state index in [1.165, 1.54) is 50.4 Å². The Balaban J connectivity index is 0.000000255. The summed E-state index contributed by atoms with van der Waals surface area (Å²) in [6.07, 6.45) is 3.62. The van der Waals surface area contributed by atoms with Gasteiger partial charge in [0.25, 0.3) is 0 Å². The molecule has 0 saturated heterocycles. The third-order valence-electron chi connectivity index (χ3n) is 8.58. The molecule has 0 atom stereocenters. The Morgan fingerprint density at radius 2 is 1.00 bits per heavy atom. The summed E-state index contributed by atoms with van der Waals surface area (Å²) in [5, 5.41) is 1.09. The van der Waals surface area contributed by atoms with Gasteiger partial charge in [-0.3, -0.25) is 19.6 Å². The molecule has 0 aliphatic carbocycles. The summed E-state index contributed by atoms with van der Waals surface area (Å²) in [5.41, 5.74) is 1.86. The number of carbonyl (C=O) groups excluding carboxylic acids is 2. The van der Waals surface area contributed by atoms with Crippen LogP contribution in [0.3, 0.4) is 0 Å². The molecule has 2 heterocycles. The third-order valence-corrected chi connectivity index (χ3v) is 14.6. The monoisotopic (exact) mass is 958 g/mol. The molecular formula is C41H37ClF6N4O8S3. The summed E-state index contributed by atoms with van der Waals surface area (Å²) in [6.45, 7) is 4.67. The molecule has 336 valence electrons. The number of fused-ring (bicyclic) bond motifs is 2. The Labute approximate surface area is 363 Å². The lowest BCUT2D eigenvalue weighted by atomic mass is 9.99. The second-order valence-corrected chi connectivity index (χ2v) is 20.4. The molecular weight excluding hydrogens is 922 g/mol. The van der Waals surface area contributed by atoms with Gasteiger partial charge in [0.2, 0.25) is 29.1 Å². The lowest BCUT2D eigenvalue weighted by Gasteiger charge is -2.25. The topological polar surface area (TPSA) is 192 Å². The second-order valence-electron chi connectivity index (χ2n) is 13.4. The van der Waals surface area contributed by atoms with Crippen LogP contribution in [-0.2, 0) is 29.1 Å². The van der Waals surface area contributed by atoms with E-state index in [1.807, 2.05) is 0 Å². The predicted octanol–water partition coefficient (Wildman–Crippen LogP) is 8.60. The zero-order valence-corrected chi connectivity index (χ0v) is 36.6. The number of aromatic nitrogens is 2. The van der Waals surface area contributed by atoms with Gasteiger partial charge >= 0.3 is 0 Å². The average Bonchev–Trinajstić information content (AvgIpc) is 3.21. The smallest absolute Gasteiger partial charge is 0.248 e. The fraction of sp³-hybridized carbons (Fsp3) is 0.220. The molecule has 63 heavy (non-hydrogen) atoms. The minimum atomic E-state index is -4.70. The summed E-state index contributed by atoms with van der Waals surface area (Å²) in [6, 6.07) is 15.5. The first kappa shape index (κ1) is 50.0. The second kappa shape index (κ2) is 20.7. The van der Waals surface area contributed by atoms with Gasteiger partial charge in [-0.25, -0.2) is 51.6 Å². The molecule has 22 heteroatoms. The number of ketones is 2. The minimum Gasteiger partial charge on any atom is -0.396 e. The number of pyridine rings is 2. The minimum absolute atomic E-state index is 0.0169. The molecule has 0 aliphatic rings. The number of nitrogens with two attached hydrogens (primary N) is 1. The van der Waals surface area contributed by atoms with Crippen LogP contribution in [0.25, 0.3) is 21.8 Å². The van der Waals surface area contributed by atoms with Gasteiger partial charge in [-0.2, -0.15) is 3.71 Å². The molecule has 0 amide bonds. The number of anilines is 2. The largest absolute Gasteiger partial charge is 0.396 e. The van der Waals surface area contributed by atoms with E-state index in [1.54, 1.807) is 43.5 Å². The molecule has 2 N–H and O–H groups in total. The fourth-order valence-corrected chi connectivity index (χ4v) is 10.9. The molecule has 0 spiro atoms. The van der Waals surface area contributed by atoms with Gasteiger partial charge in [0.15, 0.2) is 46.5 Å². The van der Waals surface area contributed by atoms with E-state index in [2.05, 4.69) is 9.97 Å². The van der Waals surface area contributed by atoms with Crippen LogP contribution in [0.15, 0.2) is 85.2 Å². The summed E-state index contributed by atoms with van der Waals surface area (Å²) < 4.78 is 157. The maximum atomic E-state index is 15.5. The molecule has 6 aromatic rings. The van der Waals surface area contributed by atoms with Crippen molar-refractivity contribution in [1.29, 1.82) is 0 Å². The quantitative estimate of drug-likeness (QED) is 0.0383. The summed E-state index contributed by atoms with van der Waals surface area (Å²) in [4.78, 5) is 33.5. The van der Waals surface area contributed by atoms with Crippen molar-refractivity contribution in [2.24, 2.45) is 0 Å². The van der Waals surface area contributed by atoms with Crippen molar-refractivity contribution >= 4 is 84.5 Å². The Morgan fingerprint density at radius 1 is 0.587 bits per heavy atom. The summed E-state index contributed by atoms with van der Waals surface area (Å²) in [7, 11) is -7.79. The average molecular weight is 959 g/mol. The number of nitrogen functional groups attached to an aromatic ring is 1. The van der Waals surface area contributed by atoms with Crippen molar-refractivity contribution in [2.75, 3.05) is 26.7 Å². The number of benzene rings is 4. The summed E-state index contributed by atoms with van der Waals surface area (Å²) >= 11 is 0. The number of sulfonamides is 2. The maximum absolute atomic E-state index is 15.5. The van der Waals surface area contributed by atoms with Gasteiger partial charge in [0.05, 0.1) is 45.1 Å². The van der Waals surface area contributed by atoms with Gasteiger partial charge in [-0.1, -0.05) is 32.9 Å². The summed E-state index contributed by atoms with van der Waals surface area (Å²) in [5.74, 6) is -13.2. The van der Waals surface area contributed by atoms with Gasteiger partial charge in [0, 0.05) is 57.1 Å². The van der Waals surface area contributed by atoms with Crippen LogP contribution in [0.2, 0.25) is 0 Å². The number of hydrogen-bond acceptors (Lipinski definition) is 11. The number of rotatable bonds is 13. The van der Waals surface area contributed by atoms with Crippen LogP contribution in [0.1, 0.15) is 71.9 Å². The van der Waals surface area contributed by atoms with Crippen molar-refractivity contribution < 1.29 is 61.2 Å². The third kappa shape index (κ3) is 11.9. The highest BCUT2D eigenvalue weighted by Gasteiger charge is 2.38. The highest BCUT2D eigenvalue weighted by atomic mass is 35.7. The van der Waals surface area contributed by atoms with E-state index in [9.17, 15) is 56.8 Å². The van der Waals surface area contributed by atoms with Crippen LogP contribution in [-0.4, -0.2) is 64.0 Å². The molecule has 0 aliphatic heterocycles. The van der Waals surface area contributed by atoms with Crippen molar-refractivity contribution in [3.8, 4) is 0 Å². The van der Waals surface area contributed by atoms with Crippen molar-refractivity contribution in [1.82, 2.24) is 9.97 Å². The first-order chi connectivity index (χ1) is 29.5. The van der Waals surface area contributed by atoms with Gasteiger partial charge in [-0.15, -0.1) is 0 Å². The van der Waals surface area contributed by atoms with Gasteiger partial charge in [-0.05, 0) is 67.8 Å². The zero-order valence-electron chi connectivity index (χ0n) is 33.4. The van der Waals surface area contributed by atoms with Gasteiger partial charge < -0.3 is 5.73 Å². The van der Waals surface area contributed by atoms with E-state index in [0.717, 1.165) is 0 Å². The van der Waals surface area contributed by atoms with Crippen LogP contribution in [0.4, 0.5) is 37.7 Å². The van der Waals surface area contributed by atoms with E-state index in [-0.39, 0.29) is 39.5 Å². The number of halogens is 7. The Morgan fingerprint density at radius 3 is 1.40 bits per heavy atom.